The number of carbonyl (C=O) groups excluding carboxylic acids is 1. The first-order valence-electron chi connectivity index (χ1n) is 3.83. The van der Waals surface area contributed by atoms with E-state index in [9.17, 15) is 23.1 Å². The molecule has 0 bridgehead atoms. The Morgan fingerprint density at radius 2 is 2.00 bits per heavy atom. The fraction of sp³-hybridized carbons (Fsp3) is 0.222. The van der Waals surface area contributed by atoms with Gasteiger partial charge in [0, 0.05) is 5.56 Å². The van der Waals surface area contributed by atoms with E-state index in [1.54, 1.807) is 0 Å². The maximum absolute atomic E-state index is 12.2. The fourth-order valence-corrected chi connectivity index (χ4v) is 1.04. The molecule has 0 N–H and O–H groups in total. The first kappa shape index (κ1) is 11.4. The molecule has 82 valence electrons. The minimum absolute atomic E-state index is 0.371. The van der Waals surface area contributed by atoms with E-state index >= 15 is 0 Å². The molecule has 0 saturated heterocycles. The molecule has 0 fully saturated rings. The summed E-state index contributed by atoms with van der Waals surface area (Å²) in [6.45, 7) is 0. The molecular formula is C9H6F3O3-. The summed E-state index contributed by atoms with van der Waals surface area (Å²) in [5.74, 6) is -1.95. The van der Waals surface area contributed by atoms with Gasteiger partial charge in [0.1, 0.15) is 5.75 Å². The van der Waals surface area contributed by atoms with Crippen molar-refractivity contribution in [2.45, 2.75) is 6.18 Å². The van der Waals surface area contributed by atoms with Gasteiger partial charge in [-0.15, -0.1) is 0 Å². The average Bonchev–Trinajstić information content (AvgIpc) is 2.15. The number of methoxy groups -OCH3 is 1. The SMILES string of the molecule is COc1cc(C(F)(F)F)ccc1C(=O)[O-]. The monoisotopic (exact) mass is 219 g/mol. The standard InChI is InChI=1S/C9H7F3O3/c1-15-7-4-5(9(10,11)12)2-3-6(7)8(13)14/h2-4H,1H3,(H,13,14)/p-1. The number of alkyl halides is 3. The minimum atomic E-state index is -4.53. The van der Waals surface area contributed by atoms with Gasteiger partial charge < -0.3 is 14.6 Å². The first-order valence-corrected chi connectivity index (χ1v) is 3.83. The van der Waals surface area contributed by atoms with Crippen LogP contribution in [-0.4, -0.2) is 13.1 Å². The molecule has 15 heavy (non-hydrogen) atoms. The van der Waals surface area contributed by atoms with Crippen molar-refractivity contribution in [3.8, 4) is 5.75 Å². The van der Waals surface area contributed by atoms with E-state index in [-0.39, 0.29) is 5.75 Å². The highest BCUT2D eigenvalue weighted by molar-refractivity contribution is 5.89. The maximum atomic E-state index is 12.2. The Labute approximate surface area is 83.1 Å². The molecule has 1 aromatic carbocycles. The number of aromatic carboxylic acids is 1. The van der Waals surface area contributed by atoms with Crippen LogP contribution in [0.5, 0.6) is 5.75 Å². The van der Waals surface area contributed by atoms with Crippen LogP contribution >= 0.6 is 0 Å². The van der Waals surface area contributed by atoms with Gasteiger partial charge in [-0.1, -0.05) is 0 Å². The third kappa shape index (κ3) is 2.39. The summed E-state index contributed by atoms with van der Waals surface area (Å²) in [5.41, 5.74) is -1.38. The lowest BCUT2D eigenvalue weighted by molar-refractivity contribution is -0.255. The lowest BCUT2D eigenvalue weighted by atomic mass is 10.1. The van der Waals surface area contributed by atoms with Crippen molar-refractivity contribution >= 4 is 5.97 Å². The molecule has 0 aromatic heterocycles. The smallest absolute Gasteiger partial charge is 0.416 e. The Morgan fingerprint density at radius 1 is 1.40 bits per heavy atom. The summed E-state index contributed by atoms with van der Waals surface area (Å²) in [7, 11) is 1.09. The molecule has 0 unspecified atom stereocenters. The zero-order valence-corrected chi connectivity index (χ0v) is 7.59. The zero-order chi connectivity index (χ0) is 11.6. The zero-order valence-electron chi connectivity index (χ0n) is 7.59. The first-order chi connectivity index (χ1) is 6.86. The van der Waals surface area contributed by atoms with Crippen LogP contribution in [-0.2, 0) is 6.18 Å². The molecule has 0 heterocycles. The lowest BCUT2D eigenvalue weighted by Crippen LogP contribution is -2.23. The van der Waals surface area contributed by atoms with E-state index in [1.165, 1.54) is 0 Å². The summed E-state index contributed by atoms with van der Waals surface area (Å²) in [4.78, 5) is 10.5. The lowest BCUT2D eigenvalue weighted by Gasteiger charge is -2.12. The minimum Gasteiger partial charge on any atom is -0.545 e. The van der Waals surface area contributed by atoms with E-state index in [1.807, 2.05) is 0 Å². The van der Waals surface area contributed by atoms with Crippen LogP contribution in [0, 0.1) is 0 Å². The molecule has 1 aromatic rings. The van der Waals surface area contributed by atoms with Crippen LogP contribution in [0.15, 0.2) is 18.2 Å². The predicted octanol–water partition coefficient (Wildman–Crippen LogP) is 1.08. The van der Waals surface area contributed by atoms with Gasteiger partial charge in [-0.3, -0.25) is 0 Å². The largest absolute Gasteiger partial charge is 0.545 e. The number of rotatable bonds is 2. The fourth-order valence-electron chi connectivity index (χ4n) is 1.04. The molecule has 0 aliphatic heterocycles. The number of benzene rings is 1. The second-order valence-electron chi connectivity index (χ2n) is 2.70. The van der Waals surface area contributed by atoms with Crippen LogP contribution in [0.2, 0.25) is 0 Å². The average molecular weight is 219 g/mol. The van der Waals surface area contributed by atoms with Gasteiger partial charge in [0.15, 0.2) is 0 Å². The molecule has 0 aliphatic rings. The number of halogens is 3. The number of carbonyl (C=O) groups is 1. The Hall–Kier alpha value is -1.72. The normalized spacial score (nSPS) is 11.2. The van der Waals surface area contributed by atoms with Crippen LogP contribution in [0.1, 0.15) is 15.9 Å². The van der Waals surface area contributed by atoms with E-state index in [0.717, 1.165) is 13.2 Å². The van der Waals surface area contributed by atoms with Crippen molar-refractivity contribution < 1.29 is 27.8 Å². The predicted molar refractivity (Wildman–Crippen MR) is 42.3 cm³/mol. The molecule has 0 amide bonds. The summed E-state index contributed by atoms with van der Waals surface area (Å²) < 4.78 is 41.2. The third-order valence-corrected chi connectivity index (χ3v) is 1.75. The number of carboxylic acids is 1. The Morgan fingerprint density at radius 3 is 2.40 bits per heavy atom. The van der Waals surface area contributed by atoms with Gasteiger partial charge in [0.2, 0.25) is 0 Å². The molecule has 0 saturated carbocycles. The van der Waals surface area contributed by atoms with Crippen molar-refractivity contribution in [1.29, 1.82) is 0 Å². The summed E-state index contributed by atoms with van der Waals surface area (Å²) in [6, 6.07) is 2.08. The second kappa shape index (κ2) is 3.80. The van der Waals surface area contributed by atoms with Gasteiger partial charge in [-0.2, -0.15) is 13.2 Å². The van der Waals surface area contributed by atoms with Crippen LogP contribution in [0.4, 0.5) is 13.2 Å². The van der Waals surface area contributed by atoms with E-state index in [0.29, 0.717) is 12.1 Å². The summed E-state index contributed by atoms with van der Waals surface area (Å²) in [5, 5.41) is 10.5. The van der Waals surface area contributed by atoms with Crippen molar-refractivity contribution in [3.63, 3.8) is 0 Å². The Kier molecular flexibility index (Phi) is 2.88. The van der Waals surface area contributed by atoms with Crippen LogP contribution in [0.3, 0.4) is 0 Å². The Bertz CT molecular complexity index is 385. The van der Waals surface area contributed by atoms with Crippen LogP contribution < -0.4 is 9.84 Å². The van der Waals surface area contributed by atoms with Crippen molar-refractivity contribution in [3.05, 3.63) is 29.3 Å². The number of hydrogen-bond donors (Lipinski definition) is 0. The summed E-state index contributed by atoms with van der Waals surface area (Å²) in [6.07, 6.45) is -4.53. The molecule has 0 aliphatic carbocycles. The van der Waals surface area contributed by atoms with E-state index in [4.69, 9.17) is 0 Å². The van der Waals surface area contributed by atoms with Crippen molar-refractivity contribution in [2.75, 3.05) is 7.11 Å². The van der Waals surface area contributed by atoms with Crippen LogP contribution in [0.25, 0.3) is 0 Å². The molecule has 3 nitrogen and oxygen atoms in total. The molecule has 0 atom stereocenters. The van der Waals surface area contributed by atoms with Gasteiger partial charge >= 0.3 is 6.18 Å². The van der Waals surface area contributed by atoms with E-state index < -0.39 is 23.3 Å². The third-order valence-electron chi connectivity index (χ3n) is 1.75. The maximum Gasteiger partial charge on any atom is 0.416 e. The Balaban J connectivity index is 3.25. The number of carboxylic acid groups (broad SMARTS) is 1. The molecule has 1 rings (SSSR count). The molecule has 0 spiro atoms. The topological polar surface area (TPSA) is 49.4 Å². The van der Waals surface area contributed by atoms with Gasteiger partial charge in [-0.25, -0.2) is 0 Å². The number of hydrogen-bond acceptors (Lipinski definition) is 3. The number of ether oxygens (including phenoxy) is 1. The quantitative estimate of drug-likeness (QED) is 0.747. The molecule has 6 heteroatoms. The highest BCUT2D eigenvalue weighted by Crippen LogP contribution is 2.32. The highest BCUT2D eigenvalue weighted by atomic mass is 19.4. The van der Waals surface area contributed by atoms with E-state index in [2.05, 4.69) is 4.74 Å². The highest BCUT2D eigenvalue weighted by Gasteiger charge is 2.31. The second-order valence-corrected chi connectivity index (χ2v) is 2.70. The molecule has 0 radical (unpaired) electrons. The van der Waals surface area contributed by atoms with Gasteiger partial charge in [0.05, 0.1) is 18.6 Å². The van der Waals surface area contributed by atoms with Gasteiger partial charge in [0.25, 0.3) is 0 Å². The molecular weight excluding hydrogens is 213 g/mol. The van der Waals surface area contributed by atoms with Crippen molar-refractivity contribution in [2.24, 2.45) is 0 Å². The van der Waals surface area contributed by atoms with Gasteiger partial charge in [-0.05, 0) is 18.2 Å². The van der Waals surface area contributed by atoms with Crippen molar-refractivity contribution in [1.82, 2.24) is 0 Å². The summed E-state index contributed by atoms with van der Waals surface area (Å²) >= 11 is 0.